The topological polar surface area (TPSA) is 51.6 Å². The van der Waals surface area contributed by atoms with Crippen LogP contribution in [0.5, 0.6) is 0 Å². The Balaban J connectivity index is 1.17. The Morgan fingerprint density at radius 3 is 0.453 bits per heavy atom. The molecule has 0 saturated carbocycles. The summed E-state index contributed by atoms with van der Waals surface area (Å²) < 4.78 is 0. The average molecular weight is 997 g/mol. The number of aromatic nitrogens is 4. The lowest BCUT2D eigenvalue weighted by atomic mass is 10.1. The molecule has 0 bridgehead atoms. The molecule has 8 aromatic carbocycles. The fraction of sp³-hybridized carbons (Fsp3) is 0.0145. The maximum absolute atomic E-state index is 5.44. The Kier molecular flexibility index (Phi) is 13.9. The molecule has 0 aliphatic carbocycles. The first-order valence-electron chi connectivity index (χ1n) is 25.2. The second kappa shape index (κ2) is 22.1. The first kappa shape index (κ1) is 47.2. The van der Waals surface area contributed by atoms with Gasteiger partial charge in [0.15, 0.2) is 0 Å². The minimum absolute atomic E-state index is 0.794. The molecule has 0 atom stereocenters. The fourth-order valence-electron chi connectivity index (χ4n) is 9.51. The van der Waals surface area contributed by atoms with E-state index < -0.39 is 15.8 Å². The largest absolute Gasteiger partial charge is 0.248 e. The van der Waals surface area contributed by atoms with Gasteiger partial charge in [-0.2, -0.15) is 0 Å². The second-order valence-corrected chi connectivity index (χ2v) is 23.2. The smallest absolute Gasteiger partial charge is 0.0715 e. The number of nitrogens with zero attached hydrogens (tertiary/aromatic N) is 4. The van der Waals surface area contributed by atoms with Crippen LogP contribution in [0.2, 0.25) is 0 Å². The number of hydrogen-bond donors (Lipinski definition) is 0. The van der Waals surface area contributed by atoms with Crippen LogP contribution in [0.4, 0.5) is 0 Å². The van der Waals surface area contributed by atoms with Crippen molar-refractivity contribution in [3.05, 3.63) is 291 Å². The standard InChI is InChI=1S/C69H50N4P2/c1-9-25-50(26-10-1)62-41-58(42-63(70-62)51-27-11-2-12-28-51)74(59-43-64(52-29-13-3-14-30-52)71-65(44-59)53-31-15-4-16-32-53)49-75(60-45-66(54-33-17-5-18-34-54)72-67(46-60)55-35-19-6-20-36-55)61-47-68(56-37-21-7-22-38-56)73-69(48-61)57-39-23-8-24-40-57/h1-48H,49H2. The van der Waals surface area contributed by atoms with Crippen LogP contribution in [-0.4, -0.2) is 25.8 Å². The van der Waals surface area contributed by atoms with E-state index in [1.165, 1.54) is 21.2 Å². The molecule has 0 radical (unpaired) electrons. The minimum atomic E-state index is -1.21. The van der Waals surface area contributed by atoms with Crippen LogP contribution in [0, 0.1) is 0 Å². The van der Waals surface area contributed by atoms with Gasteiger partial charge in [-0.05, 0) is 85.6 Å². The van der Waals surface area contributed by atoms with Crippen LogP contribution in [0.25, 0.3) is 90.1 Å². The molecular formula is C69H50N4P2. The number of pyridine rings is 4. The molecular weight excluding hydrogens is 947 g/mol. The molecule has 12 aromatic rings. The summed E-state index contributed by atoms with van der Waals surface area (Å²) in [4.78, 5) is 21.8. The highest BCUT2D eigenvalue weighted by Gasteiger charge is 2.28. The molecule has 4 heterocycles. The van der Waals surface area contributed by atoms with Crippen molar-refractivity contribution in [1.82, 2.24) is 19.9 Å². The molecule has 75 heavy (non-hydrogen) atoms. The van der Waals surface area contributed by atoms with Gasteiger partial charge in [-0.1, -0.05) is 243 Å². The zero-order chi connectivity index (χ0) is 50.2. The van der Waals surface area contributed by atoms with Crippen LogP contribution in [0.15, 0.2) is 291 Å². The first-order chi connectivity index (χ1) is 37.1. The average Bonchev–Trinajstić information content (AvgIpc) is 3.50. The van der Waals surface area contributed by atoms with Crippen molar-refractivity contribution < 1.29 is 0 Å². The van der Waals surface area contributed by atoms with Gasteiger partial charge < -0.3 is 0 Å². The van der Waals surface area contributed by atoms with E-state index in [1.807, 2.05) is 0 Å². The van der Waals surface area contributed by atoms with E-state index in [9.17, 15) is 0 Å². The quantitative estimate of drug-likeness (QED) is 0.102. The van der Waals surface area contributed by atoms with Crippen LogP contribution in [0.1, 0.15) is 0 Å². The first-order valence-corrected chi connectivity index (χ1v) is 28.3. The van der Waals surface area contributed by atoms with Crippen molar-refractivity contribution in [3.63, 3.8) is 0 Å². The number of hydrogen-bond acceptors (Lipinski definition) is 4. The summed E-state index contributed by atoms with van der Waals surface area (Å²) in [6, 6.07) is 104. The molecule has 4 nitrogen and oxygen atoms in total. The van der Waals surface area contributed by atoms with Gasteiger partial charge in [-0.25, -0.2) is 19.9 Å². The monoisotopic (exact) mass is 996 g/mol. The predicted molar refractivity (Wildman–Crippen MR) is 318 cm³/mol. The van der Waals surface area contributed by atoms with E-state index in [1.54, 1.807) is 0 Å². The maximum atomic E-state index is 5.44. The summed E-state index contributed by atoms with van der Waals surface area (Å²) in [5.41, 5.74) is 16.1. The maximum Gasteiger partial charge on any atom is 0.0715 e. The molecule has 356 valence electrons. The summed E-state index contributed by atoms with van der Waals surface area (Å²) >= 11 is 0. The molecule has 0 amide bonds. The molecule has 0 spiro atoms. The van der Waals surface area contributed by atoms with Crippen molar-refractivity contribution in [2.24, 2.45) is 0 Å². The van der Waals surface area contributed by atoms with Crippen molar-refractivity contribution >= 4 is 37.1 Å². The van der Waals surface area contributed by atoms with Crippen molar-refractivity contribution in [1.29, 1.82) is 0 Å². The van der Waals surface area contributed by atoms with Crippen molar-refractivity contribution in [3.8, 4) is 90.1 Å². The number of benzene rings is 8. The van der Waals surface area contributed by atoms with Gasteiger partial charge in [0.25, 0.3) is 0 Å². The van der Waals surface area contributed by atoms with Crippen LogP contribution < -0.4 is 21.2 Å². The van der Waals surface area contributed by atoms with Crippen molar-refractivity contribution in [2.45, 2.75) is 0 Å². The van der Waals surface area contributed by atoms with Gasteiger partial charge in [0.1, 0.15) is 0 Å². The normalized spacial score (nSPS) is 11.2. The SMILES string of the molecule is c1ccc(-c2cc(P(CP(c3cc(-c4ccccc4)nc(-c4ccccc4)c3)c3cc(-c4ccccc4)nc(-c4ccccc4)c3)c3cc(-c4ccccc4)nc(-c4ccccc4)c3)cc(-c3ccccc3)n2)cc1. The summed E-state index contributed by atoms with van der Waals surface area (Å²) in [5.74, 6) is 0.794. The molecule has 0 unspecified atom stereocenters. The molecule has 12 rings (SSSR count). The summed E-state index contributed by atoms with van der Waals surface area (Å²) in [6.07, 6.45) is 0. The fourth-order valence-corrected chi connectivity index (χ4v) is 16.1. The number of rotatable bonds is 14. The highest BCUT2D eigenvalue weighted by Crippen LogP contribution is 2.51. The summed E-state index contributed by atoms with van der Waals surface area (Å²) in [5, 5.41) is 4.93. The van der Waals surface area contributed by atoms with Gasteiger partial charge in [-0.3, -0.25) is 0 Å². The zero-order valence-electron chi connectivity index (χ0n) is 41.1. The predicted octanol–water partition coefficient (Wildman–Crippen LogP) is 16.1. The molecule has 0 fully saturated rings. The van der Waals surface area contributed by atoms with E-state index in [0.717, 1.165) is 96.0 Å². The van der Waals surface area contributed by atoms with Crippen LogP contribution >= 0.6 is 15.8 Å². The highest BCUT2D eigenvalue weighted by molar-refractivity contribution is 7.88. The van der Waals surface area contributed by atoms with Gasteiger partial charge in [0, 0.05) is 50.4 Å². The molecule has 6 heteroatoms. The Hall–Kier alpha value is -8.78. The Bertz CT molecular complexity index is 3090. The Morgan fingerprint density at radius 2 is 0.320 bits per heavy atom. The van der Waals surface area contributed by atoms with E-state index >= 15 is 0 Å². The second-order valence-electron chi connectivity index (χ2n) is 18.3. The lowest BCUT2D eigenvalue weighted by molar-refractivity contribution is 1.33. The lowest BCUT2D eigenvalue weighted by Gasteiger charge is -2.29. The van der Waals surface area contributed by atoms with E-state index in [4.69, 9.17) is 19.9 Å². The minimum Gasteiger partial charge on any atom is -0.248 e. The van der Waals surface area contributed by atoms with Gasteiger partial charge in [-0.15, -0.1) is 0 Å². The van der Waals surface area contributed by atoms with Crippen LogP contribution in [0.3, 0.4) is 0 Å². The highest BCUT2D eigenvalue weighted by atomic mass is 31.2. The Morgan fingerprint density at radius 1 is 0.187 bits per heavy atom. The zero-order valence-corrected chi connectivity index (χ0v) is 42.9. The Labute approximate surface area is 441 Å². The summed E-state index contributed by atoms with van der Waals surface area (Å²) in [6.45, 7) is 0. The third kappa shape index (κ3) is 10.8. The van der Waals surface area contributed by atoms with E-state index in [2.05, 4.69) is 291 Å². The molecule has 0 saturated heterocycles. The summed E-state index contributed by atoms with van der Waals surface area (Å²) in [7, 11) is -2.42. The molecule has 0 aliphatic rings. The van der Waals surface area contributed by atoms with E-state index in [-0.39, 0.29) is 0 Å². The third-order valence-electron chi connectivity index (χ3n) is 13.3. The van der Waals surface area contributed by atoms with Crippen LogP contribution in [-0.2, 0) is 0 Å². The van der Waals surface area contributed by atoms with Gasteiger partial charge in [0.2, 0.25) is 0 Å². The third-order valence-corrected chi connectivity index (χ3v) is 19.1. The molecule has 0 aliphatic heterocycles. The lowest BCUT2D eigenvalue weighted by Crippen LogP contribution is -2.22. The van der Waals surface area contributed by atoms with E-state index in [0.29, 0.717) is 0 Å². The van der Waals surface area contributed by atoms with Crippen molar-refractivity contribution in [2.75, 3.05) is 5.90 Å². The molecule has 4 aromatic heterocycles. The van der Waals surface area contributed by atoms with Gasteiger partial charge >= 0.3 is 0 Å². The van der Waals surface area contributed by atoms with Gasteiger partial charge in [0.05, 0.1) is 45.6 Å². The molecule has 0 N–H and O–H groups in total.